The van der Waals surface area contributed by atoms with Gasteiger partial charge in [-0.3, -0.25) is 10.1 Å². The van der Waals surface area contributed by atoms with E-state index in [-0.39, 0.29) is 5.69 Å². The van der Waals surface area contributed by atoms with E-state index in [1.807, 2.05) is 24.3 Å². The van der Waals surface area contributed by atoms with Crippen LogP contribution in [0.5, 0.6) is 0 Å². The van der Waals surface area contributed by atoms with Crippen molar-refractivity contribution in [3.05, 3.63) is 65.0 Å². The Hall–Kier alpha value is -3.02. The van der Waals surface area contributed by atoms with Gasteiger partial charge in [0.1, 0.15) is 12.1 Å². The van der Waals surface area contributed by atoms with Gasteiger partial charge in [-0.1, -0.05) is 12.1 Å². The van der Waals surface area contributed by atoms with Crippen molar-refractivity contribution < 1.29 is 4.92 Å². The number of benzene rings is 2. The Kier molecular flexibility index (Phi) is 2.96. The molecular weight excluding hydrogens is 256 g/mol. The van der Waals surface area contributed by atoms with Crippen LogP contribution in [0.2, 0.25) is 0 Å². The van der Waals surface area contributed by atoms with E-state index in [2.05, 4.69) is 15.3 Å². The standard InChI is InChI=1S/C14H10N4O2/c19-18(20)11-7-5-10(6-8-11)17-14-12-3-1-2-4-13(12)15-9-16-14/h1-9H,(H,15,16,17). The highest BCUT2D eigenvalue weighted by Crippen LogP contribution is 2.23. The first-order chi connectivity index (χ1) is 9.74. The van der Waals surface area contributed by atoms with Crippen molar-refractivity contribution in [3.8, 4) is 0 Å². The number of nitro groups is 1. The number of hydrogen-bond donors (Lipinski definition) is 1. The largest absolute Gasteiger partial charge is 0.340 e. The Morgan fingerprint density at radius 1 is 1.00 bits per heavy atom. The predicted octanol–water partition coefficient (Wildman–Crippen LogP) is 3.28. The molecule has 98 valence electrons. The molecule has 0 spiro atoms. The fourth-order valence-corrected chi connectivity index (χ4v) is 1.91. The predicted molar refractivity (Wildman–Crippen MR) is 75.9 cm³/mol. The van der Waals surface area contributed by atoms with E-state index in [1.165, 1.54) is 18.5 Å². The number of fused-ring (bicyclic) bond motifs is 1. The van der Waals surface area contributed by atoms with Crippen molar-refractivity contribution in [2.45, 2.75) is 0 Å². The van der Waals surface area contributed by atoms with Crippen molar-refractivity contribution in [2.24, 2.45) is 0 Å². The summed E-state index contributed by atoms with van der Waals surface area (Å²) in [6.45, 7) is 0. The summed E-state index contributed by atoms with van der Waals surface area (Å²) in [5.41, 5.74) is 1.63. The Labute approximate surface area is 114 Å². The molecule has 0 unspecified atom stereocenters. The van der Waals surface area contributed by atoms with Crippen LogP contribution in [-0.4, -0.2) is 14.9 Å². The number of rotatable bonds is 3. The number of anilines is 2. The average molecular weight is 266 g/mol. The van der Waals surface area contributed by atoms with Crippen molar-refractivity contribution >= 4 is 28.1 Å². The Morgan fingerprint density at radius 3 is 2.50 bits per heavy atom. The van der Waals surface area contributed by atoms with Gasteiger partial charge >= 0.3 is 0 Å². The van der Waals surface area contributed by atoms with E-state index >= 15 is 0 Å². The maximum absolute atomic E-state index is 10.6. The number of nitro benzene ring substituents is 1. The zero-order valence-electron chi connectivity index (χ0n) is 10.4. The topological polar surface area (TPSA) is 81.0 Å². The summed E-state index contributed by atoms with van der Waals surface area (Å²) < 4.78 is 0. The summed E-state index contributed by atoms with van der Waals surface area (Å²) in [6.07, 6.45) is 1.48. The van der Waals surface area contributed by atoms with E-state index in [9.17, 15) is 10.1 Å². The number of nitrogens with one attached hydrogen (secondary N) is 1. The summed E-state index contributed by atoms with van der Waals surface area (Å²) >= 11 is 0. The lowest BCUT2D eigenvalue weighted by Gasteiger charge is -2.07. The minimum atomic E-state index is -0.427. The maximum Gasteiger partial charge on any atom is 0.269 e. The lowest BCUT2D eigenvalue weighted by molar-refractivity contribution is -0.384. The van der Waals surface area contributed by atoms with Crippen molar-refractivity contribution in [2.75, 3.05) is 5.32 Å². The third kappa shape index (κ3) is 2.26. The highest BCUT2D eigenvalue weighted by molar-refractivity contribution is 5.90. The third-order valence-electron chi connectivity index (χ3n) is 2.88. The molecule has 6 heteroatoms. The molecule has 0 fully saturated rings. The molecule has 0 bridgehead atoms. The van der Waals surface area contributed by atoms with E-state index in [4.69, 9.17) is 0 Å². The fraction of sp³-hybridized carbons (Fsp3) is 0. The second-order valence-corrected chi connectivity index (χ2v) is 4.17. The second kappa shape index (κ2) is 4.93. The van der Waals surface area contributed by atoms with Crippen LogP contribution in [0.1, 0.15) is 0 Å². The molecule has 1 heterocycles. The zero-order valence-corrected chi connectivity index (χ0v) is 10.4. The minimum Gasteiger partial charge on any atom is -0.340 e. The number of non-ortho nitro benzene ring substituents is 1. The molecule has 0 radical (unpaired) electrons. The van der Waals surface area contributed by atoms with Crippen LogP contribution >= 0.6 is 0 Å². The number of nitrogens with zero attached hydrogens (tertiary/aromatic N) is 3. The van der Waals surface area contributed by atoms with Gasteiger partial charge in [0.2, 0.25) is 0 Å². The molecule has 3 aromatic rings. The molecule has 0 aliphatic carbocycles. The SMILES string of the molecule is O=[N+]([O-])c1ccc(Nc2ncnc3ccccc23)cc1. The molecule has 6 nitrogen and oxygen atoms in total. The van der Waals surface area contributed by atoms with E-state index in [0.717, 1.165) is 16.6 Å². The van der Waals surface area contributed by atoms with Crippen molar-refractivity contribution in [3.63, 3.8) is 0 Å². The number of aromatic nitrogens is 2. The monoisotopic (exact) mass is 266 g/mol. The van der Waals surface area contributed by atoms with Crippen LogP contribution in [0, 0.1) is 10.1 Å². The van der Waals surface area contributed by atoms with Crippen LogP contribution in [0.25, 0.3) is 10.9 Å². The lowest BCUT2D eigenvalue weighted by atomic mass is 10.2. The first kappa shape index (κ1) is 12.0. The van der Waals surface area contributed by atoms with Crippen LogP contribution in [0.15, 0.2) is 54.9 Å². The molecule has 20 heavy (non-hydrogen) atoms. The van der Waals surface area contributed by atoms with Gasteiger partial charge in [-0.15, -0.1) is 0 Å². The molecule has 0 amide bonds. The molecule has 0 saturated carbocycles. The highest BCUT2D eigenvalue weighted by Gasteiger charge is 2.06. The molecule has 3 rings (SSSR count). The summed E-state index contributed by atoms with van der Waals surface area (Å²) in [5, 5.41) is 14.6. The van der Waals surface area contributed by atoms with E-state index < -0.39 is 4.92 Å². The average Bonchev–Trinajstić information content (AvgIpc) is 2.48. The van der Waals surface area contributed by atoms with Crippen LogP contribution in [-0.2, 0) is 0 Å². The van der Waals surface area contributed by atoms with Crippen LogP contribution in [0.3, 0.4) is 0 Å². The summed E-state index contributed by atoms with van der Waals surface area (Å²) in [5.74, 6) is 0.671. The van der Waals surface area contributed by atoms with E-state index in [0.29, 0.717) is 5.82 Å². The summed E-state index contributed by atoms with van der Waals surface area (Å²) in [4.78, 5) is 18.6. The normalized spacial score (nSPS) is 10.4. The minimum absolute atomic E-state index is 0.0584. The van der Waals surface area contributed by atoms with Gasteiger partial charge in [0.15, 0.2) is 0 Å². The smallest absolute Gasteiger partial charge is 0.269 e. The fourth-order valence-electron chi connectivity index (χ4n) is 1.91. The quantitative estimate of drug-likeness (QED) is 0.581. The Balaban J connectivity index is 1.95. The zero-order chi connectivity index (χ0) is 13.9. The van der Waals surface area contributed by atoms with Crippen molar-refractivity contribution in [1.29, 1.82) is 0 Å². The second-order valence-electron chi connectivity index (χ2n) is 4.17. The lowest BCUT2D eigenvalue weighted by Crippen LogP contribution is -1.96. The summed E-state index contributed by atoms with van der Waals surface area (Å²) in [6, 6.07) is 13.8. The van der Waals surface area contributed by atoms with Crippen LogP contribution in [0.4, 0.5) is 17.2 Å². The van der Waals surface area contributed by atoms with Gasteiger partial charge < -0.3 is 5.32 Å². The van der Waals surface area contributed by atoms with Gasteiger partial charge in [-0.25, -0.2) is 9.97 Å². The molecule has 2 aromatic carbocycles. The first-order valence-electron chi connectivity index (χ1n) is 5.95. The van der Waals surface area contributed by atoms with Crippen LogP contribution < -0.4 is 5.32 Å². The van der Waals surface area contributed by atoms with Gasteiger partial charge in [0, 0.05) is 23.2 Å². The highest BCUT2D eigenvalue weighted by atomic mass is 16.6. The molecule has 0 aliphatic heterocycles. The maximum atomic E-state index is 10.6. The molecule has 0 atom stereocenters. The third-order valence-corrected chi connectivity index (χ3v) is 2.88. The molecule has 1 aromatic heterocycles. The van der Waals surface area contributed by atoms with Gasteiger partial charge in [0.25, 0.3) is 5.69 Å². The molecular formula is C14H10N4O2. The molecule has 1 N–H and O–H groups in total. The number of para-hydroxylation sites is 1. The van der Waals surface area contributed by atoms with Gasteiger partial charge in [-0.05, 0) is 24.3 Å². The van der Waals surface area contributed by atoms with Gasteiger partial charge in [-0.2, -0.15) is 0 Å². The molecule has 0 saturated heterocycles. The Bertz CT molecular complexity index is 766. The van der Waals surface area contributed by atoms with Crippen molar-refractivity contribution in [1.82, 2.24) is 9.97 Å². The van der Waals surface area contributed by atoms with Gasteiger partial charge in [0.05, 0.1) is 10.4 Å². The van der Waals surface area contributed by atoms with E-state index in [1.54, 1.807) is 12.1 Å². The molecule has 0 aliphatic rings. The summed E-state index contributed by atoms with van der Waals surface area (Å²) in [7, 11) is 0. The number of hydrogen-bond acceptors (Lipinski definition) is 5. The first-order valence-corrected chi connectivity index (χ1v) is 5.95. The Morgan fingerprint density at radius 2 is 1.75 bits per heavy atom.